The molecule has 1 atom stereocenters. The van der Waals surface area contributed by atoms with Crippen molar-refractivity contribution in [2.45, 2.75) is 25.9 Å². The average molecular weight is 208 g/mol. The molecular weight excluding hydrogens is 192 g/mol. The fourth-order valence-electron chi connectivity index (χ4n) is 2.30. The van der Waals surface area contributed by atoms with E-state index in [0.29, 0.717) is 0 Å². The lowest BCUT2D eigenvalue weighted by Crippen LogP contribution is -2.27. The first-order valence-corrected chi connectivity index (χ1v) is 6.16. The van der Waals surface area contributed by atoms with E-state index >= 15 is 0 Å². The van der Waals surface area contributed by atoms with Crippen LogP contribution in [0.5, 0.6) is 0 Å². The van der Waals surface area contributed by atoms with E-state index < -0.39 is 5.60 Å². The molecule has 0 aliphatic carbocycles. The molecule has 0 bridgehead atoms. The Hall–Kier alpha value is -0.470. The Bertz CT molecular complexity index is 320. The zero-order chi connectivity index (χ0) is 10.2. The maximum absolute atomic E-state index is 10.5. The van der Waals surface area contributed by atoms with Crippen LogP contribution in [0.4, 0.5) is 0 Å². The van der Waals surface area contributed by atoms with Crippen LogP contribution in [0.2, 0.25) is 0 Å². The zero-order valence-corrected chi connectivity index (χ0v) is 9.53. The molecule has 1 nitrogen and oxygen atoms in total. The van der Waals surface area contributed by atoms with Crippen LogP contribution in [0.25, 0.3) is 0 Å². The number of thioether (sulfide) groups is 1. The second-order valence-electron chi connectivity index (χ2n) is 4.10. The summed E-state index contributed by atoms with van der Waals surface area (Å²) in [6, 6.07) is 6.23. The summed E-state index contributed by atoms with van der Waals surface area (Å²) >= 11 is 1.84. The zero-order valence-electron chi connectivity index (χ0n) is 8.71. The number of aryl methyl sites for hydroxylation is 2. The van der Waals surface area contributed by atoms with E-state index in [9.17, 15) is 5.11 Å². The number of hydrogen-bond acceptors (Lipinski definition) is 2. The highest BCUT2D eigenvalue weighted by Crippen LogP contribution is 2.39. The Kier molecular flexibility index (Phi) is 2.58. The molecule has 0 saturated carbocycles. The largest absolute Gasteiger partial charge is 0.384 e. The van der Waals surface area contributed by atoms with Crippen molar-refractivity contribution in [3.8, 4) is 0 Å². The highest BCUT2D eigenvalue weighted by Gasteiger charge is 2.35. The molecule has 0 radical (unpaired) electrons. The van der Waals surface area contributed by atoms with E-state index in [2.05, 4.69) is 32.0 Å². The Morgan fingerprint density at radius 3 is 2.43 bits per heavy atom. The van der Waals surface area contributed by atoms with Crippen molar-refractivity contribution < 1.29 is 5.11 Å². The van der Waals surface area contributed by atoms with Gasteiger partial charge in [0.05, 0.1) is 5.60 Å². The smallest absolute Gasteiger partial charge is 0.0999 e. The Morgan fingerprint density at radius 2 is 1.93 bits per heavy atom. The van der Waals surface area contributed by atoms with Crippen LogP contribution in [0.3, 0.4) is 0 Å². The third-order valence-corrected chi connectivity index (χ3v) is 4.12. The van der Waals surface area contributed by atoms with E-state index in [1.54, 1.807) is 0 Å². The number of aliphatic hydroxyl groups is 1. The first-order chi connectivity index (χ1) is 6.63. The molecule has 1 fully saturated rings. The van der Waals surface area contributed by atoms with Crippen LogP contribution in [0, 0.1) is 13.8 Å². The van der Waals surface area contributed by atoms with E-state index in [1.807, 2.05) is 11.8 Å². The van der Waals surface area contributed by atoms with Crippen molar-refractivity contribution in [1.29, 1.82) is 0 Å². The van der Waals surface area contributed by atoms with E-state index in [-0.39, 0.29) is 0 Å². The van der Waals surface area contributed by atoms with Crippen molar-refractivity contribution in [2.75, 3.05) is 11.5 Å². The third kappa shape index (κ3) is 1.57. The van der Waals surface area contributed by atoms with Crippen molar-refractivity contribution in [3.05, 3.63) is 34.9 Å². The molecule has 1 aromatic rings. The molecule has 1 aliphatic rings. The minimum absolute atomic E-state index is 0.569. The van der Waals surface area contributed by atoms with Gasteiger partial charge >= 0.3 is 0 Å². The quantitative estimate of drug-likeness (QED) is 0.765. The molecule has 1 aliphatic heterocycles. The minimum atomic E-state index is -0.569. The first-order valence-electron chi connectivity index (χ1n) is 5.00. The Morgan fingerprint density at radius 1 is 1.29 bits per heavy atom. The lowest BCUT2D eigenvalue weighted by Gasteiger charge is -2.26. The molecule has 0 amide bonds. The van der Waals surface area contributed by atoms with E-state index in [0.717, 1.165) is 23.5 Å². The van der Waals surface area contributed by atoms with Crippen LogP contribution in [-0.4, -0.2) is 16.6 Å². The van der Waals surface area contributed by atoms with Crippen molar-refractivity contribution in [1.82, 2.24) is 0 Å². The highest BCUT2D eigenvalue weighted by molar-refractivity contribution is 7.99. The fraction of sp³-hybridized carbons (Fsp3) is 0.500. The number of hydrogen-bond donors (Lipinski definition) is 1. The van der Waals surface area contributed by atoms with Crippen LogP contribution in [-0.2, 0) is 5.60 Å². The Labute approximate surface area is 89.5 Å². The van der Waals surface area contributed by atoms with Gasteiger partial charge in [-0.1, -0.05) is 18.2 Å². The van der Waals surface area contributed by atoms with Gasteiger partial charge in [-0.2, -0.15) is 11.8 Å². The molecule has 14 heavy (non-hydrogen) atoms. The molecule has 2 heteroatoms. The standard InChI is InChI=1S/C12H16OS/c1-9-4-3-5-10(2)11(9)12(13)6-7-14-8-12/h3-5,13H,6-8H2,1-2H3. The van der Waals surface area contributed by atoms with Gasteiger partial charge in [0.2, 0.25) is 0 Å². The normalized spacial score (nSPS) is 26.8. The lowest BCUT2D eigenvalue weighted by molar-refractivity contribution is 0.0644. The molecule has 1 aromatic carbocycles. The summed E-state index contributed by atoms with van der Waals surface area (Å²) in [6.45, 7) is 4.17. The van der Waals surface area contributed by atoms with Crippen molar-refractivity contribution >= 4 is 11.8 Å². The molecular formula is C12H16OS. The van der Waals surface area contributed by atoms with Gasteiger partial charge in [0.1, 0.15) is 0 Å². The van der Waals surface area contributed by atoms with Gasteiger partial charge in [0, 0.05) is 5.75 Å². The lowest BCUT2D eigenvalue weighted by atomic mass is 9.86. The highest BCUT2D eigenvalue weighted by atomic mass is 32.2. The van der Waals surface area contributed by atoms with Crippen LogP contribution < -0.4 is 0 Å². The summed E-state index contributed by atoms with van der Waals surface area (Å²) in [5.74, 6) is 1.92. The molecule has 2 rings (SSSR count). The summed E-state index contributed by atoms with van der Waals surface area (Å²) < 4.78 is 0. The fourth-order valence-corrected chi connectivity index (χ4v) is 3.55. The minimum Gasteiger partial charge on any atom is -0.384 e. The van der Waals surface area contributed by atoms with Gasteiger partial charge in [-0.05, 0) is 42.7 Å². The topological polar surface area (TPSA) is 20.2 Å². The molecule has 1 unspecified atom stereocenters. The summed E-state index contributed by atoms with van der Waals surface area (Å²) in [5.41, 5.74) is 3.02. The molecule has 0 aromatic heterocycles. The SMILES string of the molecule is Cc1cccc(C)c1C1(O)CCSC1. The summed E-state index contributed by atoms with van der Waals surface area (Å²) in [6.07, 6.45) is 0.892. The summed E-state index contributed by atoms with van der Waals surface area (Å²) in [4.78, 5) is 0. The van der Waals surface area contributed by atoms with Gasteiger partial charge in [-0.15, -0.1) is 0 Å². The Balaban J connectivity index is 2.49. The maximum Gasteiger partial charge on any atom is 0.0999 e. The van der Waals surface area contributed by atoms with Crippen molar-refractivity contribution in [3.63, 3.8) is 0 Å². The molecule has 0 spiro atoms. The predicted octanol–water partition coefficient (Wildman–Crippen LogP) is 2.63. The van der Waals surface area contributed by atoms with Gasteiger partial charge in [0.15, 0.2) is 0 Å². The molecule has 1 saturated heterocycles. The van der Waals surface area contributed by atoms with Crippen molar-refractivity contribution in [2.24, 2.45) is 0 Å². The molecule has 1 heterocycles. The maximum atomic E-state index is 10.5. The second-order valence-corrected chi connectivity index (χ2v) is 5.21. The third-order valence-electron chi connectivity index (χ3n) is 2.95. The first kappa shape index (κ1) is 10.1. The van der Waals surface area contributed by atoms with Crippen LogP contribution in [0.15, 0.2) is 18.2 Å². The average Bonchev–Trinajstić information content (AvgIpc) is 2.52. The summed E-state index contributed by atoms with van der Waals surface area (Å²) in [7, 11) is 0. The second kappa shape index (κ2) is 3.59. The van der Waals surface area contributed by atoms with E-state index in [4.69, 9.17) is 0 Å². The van der Waals surface area contributed by atoms with Gasteiger partial charge in [0.25, 0.3) is 0 Å². The monoisotopic (exact) mass is 208 g/mol. The van der Waals surface area contributed by atoms with Gasteiger partial charge < -0.3 is 5.11 Å². The predicted molar refractivity (Wildman–Crippen MR) is 61.8 cm³/mol. The molecule has 1 N–H and O–H groups in total. The van der Waals surface area contributed by atoms with E-state index in [1.165, 1.54) is 11.1 Å². The number of benzene rings is 1. The van der Waals surface area contributed by atoms with Crippen LogP contribution in [0.1, 0.15) is 23.1 Å². The molecule has 76 valence electrons. The van der Waals surface area contributed by atoms with Gasteiger partial charge in [-0.3, -0.25) is 0 Å². The number of rotatable bonds is 1. The van der Waals surface area contributed by atoms with Gasteiger partial charge in [-0.25, -0.2) is 0 Å². The van der Waals surface area contributed by atoms with Crippen LogP contribution >= 0.6 is 11.8 Å². The summed E-state index contributed by atoms with van der Waals surface area (Å²) in [5, 5.41) is 10.5.